The molecule has 0 bridgehead atoms. The monoisotopic (exact) mass is 349 g/mol. The summed E-state index contributed by atoms with van der Waals surface area (Å²) in [6.07, 6.45) is 1.99. The average molecular weight is 349 g/mol. The number of carbonyl (C=O) groups excluding carboxylic acids is 1. The fourth-order valence-corrected chi connectivity index (χ4v) is 2.68. The molecule has 0 unspecified atom stereocenters. The lowest BCUT2D eigenvalue weighted by molar-refractivity contribution is 0.0945. The van der Waals surface area contributed by atoms with E-state index in [0.29, 0.717) is 12.2 Å². The highest BCUT2D eigenvalue weighted by Gasteiger charge is 2.17. The Hall–Kier alpha value is -3.08. The summed E-state index contributed by atoms with van der Waals surface area (Å²) in [5.41, 5.74) is 3.07. The van der Waals surface area contributed by atoms with Crippen LogP contribution in [0.1, 0.15) is 30.3 Å². The SMILES string of the molecule is CCCCNC(=O)c1cc(-c2ccccc2)nn1-c1ccc(OC)cc1. The number of unbranched alkanes of at least 4 members (excludes halogenated alkanes) is 1. The van der Waals surface area contributed by atoms with Crippen molar-refractivity contribution in [1.82, 2.24) is 15.1 Å². The Balaban J connectivity index is 1.99. The molecule has 5 nitrogen and oxygen atoms in total. The van der Waals surface area contributed by atoms with Gasteiger partial charge < -0.3 is 10.1 Å². The largest absolute Gasteiger partial charge is 0.497 e. The van der Waals surface area contributed by atoms with Crippen molar-refractivity contribution in [1.29, 1.82) is 0 Å². The summed E-state index contributed by atoms with van der Waals surface area (Å²) in [4.78, 5) is 12.7. The standard InChI is InChI=1S/C21H23N3O2/c1-3-4-14-22-21(25)20-15-19(16-8-6-5-7-9-16)23-24(20)17-10-12-18(26-2)13-11-17/h5-13,15H,3-4,14H2,1-2H3,(H,22,25). The van der Waals surface area contributed by atoms with Gasteiger partial charge >= 0.3 is 0 Å². The lowest BCUT2D eigenvalue weighted by atomic mass is 10.1. The van der Waals surface area contributed by atoms with E-state index in [1.807, 2.05) is 60.7 Å². The fourth-order valence-electron chi connectivity index (χ4n) is 2.68. The summed E-state index contributed by atoms with van der Waals surface area (Å²) in [6.45, 7) is 2.76. The summed E-state index contributed by atoms with van der Waals surface area (Å²) in [6, 6.07) is 19.2. The van der Waals surface area contributed by atoms with Crippen molar-refractivity contribution in [3.8, 4) is 22.7 Å². The number of benzene rings is 2. The van der Waals surface area contributed by atoms with E-state index in [2.05, 4.69) is 17.3 Å². The van der Waals surface area contributed by atoms with Crippen LogP contribution in [-0.2, 0) is 0 Å². The van der Waals surface area contributed by atoms with Crippen LogP contribution in [0.5, 0.6) is 5.75 Å². The van der Waals surface area contributed by atoms with Crippen molar-refractivity contribution in [2.24, 2.45) is 0 Å². The molecule has 1 N–H and O–H groups in total. The number of aromatic nitrogens is 2. The van der Waals surface area contributed by atoms with Gasteiger partial charge in [0.15, 0.2) is 0 Å². The van der Waals surface area contributed by atoms with Crippen molar-refractivity contribution >= 4 is 5.91 Å². The molecule has 0 spiro atoms. The zero-order chi connectivity index (χ0) is 18.4. The highest BCUT2D eigenvalue weighted by Crippen LogP contribution is 2.23. The van der Waals surface area contributed by atoms with E-state index in [4.69, 9.17) is 4.74 Å². The first-order valence-electron chi connectivity index (χ1n) is 8.81. The average Bonchev–Trinajstić information content (AvgIpc) is 3.14. The van der Waals surface area contributed by atoms with Crippen molar-refractivity contribution in [2.75, 3.05) is 13.7 Å². The molecule has 0 aliphatic heterocycles. The van der Waals surface area contributed by atoms with E-state index in [9.17, 15) is 4.79 Å². The minimum atomic E-state index is -0.121. The van der Waals surface area contributed by atoms with Crippen LogP contribution in [0.3, 0.4) is 0 Å². The predicted octanol–water partition coefficient (Wildman–Crippen LogP) is 4.08. The molecule has 0 aliphatic carbocycles. The molecular formula is C21H23N3O2. The lowest BCUT2D eigenvalue weighted by Gasteiger charge is -2.08. The molecule has 26 heavy (non-hydrogen) atoms. The van der Waals surface area contributed by atoms with Crippen LogP contribution >= 0.6 is 0 Å². The molecular weight excluding hydrogens is 326 g/mol. The van der Waals surface area contributed by atoms with Crippen LogP contribution in [0.4, 0.5) is 0 Å². The topological polar surface area (TPSA) is 56.2 Å². The molecule has 0 aliphatic rings. The minimum absolute atomic E-state index is 0.121. The van der Waals surface area contributed by atoms with Gasteiger partial charge in [0, 0.05) is 12.1 Å². The van der Waals surface area contributed by atoms with E-state index in [-0.39, 0.29) is 5.91 Å². The zero-order valence-electron chi connectivity index (χ0n) is 15.1. The van der Waals surface area contributed by atoms with E-state index in [1.54, 1.807) is 11.8 Å². The Labute approximate surface area is 153 Å². The molecule has 3 rings (SSSR count). The van der Waals surface area contributed by atoms with Crippen LogP contribution in [-0.4, -0.2) is 29.3 Å². The molecule has 0 fully saturated rings. The molecule has 5 heteroatoms. The first-order chi connectivity index (χ1) is 12.7. The Morgan fingerprint density at radius 1 is 1.12 bits per heavy atom. The first kappa shape index (κ1) is 17.7. The van der Waals surface area contributed by atoms with Crippen LogP contribution < -0.4 is 10.1 Å². The van der Waals surface area contributed by atoms with Crippen molar-refractivity contribution in [2.45, 2.75) is 19.8 Å². The number of carbonyl (C=O) groups is 1. The summed E-state index contributed by atoms with van der Waals surface area (Å²) in [7, 11) is 1.63. The maximum atomic E-state index is 12.7. The molecule has 0 radical (unpaired) electrons. The maximum Gasteiger partial charge on any atom is 0.270 e. The molecule has 134 valence electrons. The molecule has 3 aromatic rings. The Kier molecular flexibility index (Phi) is 5.69. The Morgan fingerprint density at radius 3 is 2.50 bits per heavy atom. The van der Waals surface area contributed by atoms with Gasteiger partial charge in [-0.15, -0.1) is 0 Å². The second kappa shape index (κ2) is 8.34. The number of nitrogens with one attached hydrogen (secondary N) is 1. The van der Waals surface area contributed by atoms with Gasteiger partial charge in [-0.05, 0) is 36.8 Å². The van der Waals surface area contributed by atoms with E-state index in [1.165, 1.54) is 0 Å². The van der Waals surface area contributed by atoms with Crippen LogP contribution in [0.15, 0.2) is 60.7 Å². The van der Waals surface area contributed by atoms with Crippen LogP contribution in [0.25, 0.3) is 16.9 Å². The van der Waals surface area contributed by atoms with Gasteiger partial charge in [-0.3, -0.25) is 4.79 Å². The zero-order valence-corrected chi connectivity index (χ0v) is 15.1. The molecule has 1 heterocycles. The fraction of sp³-hybridized carbons (Fsp3) is 0.238. The highest BCUT2D eigenvalue weighted by atomic mass is 16.5. The molecule has 2 aromatic carbocycles. The van der Waals surface area contributed by atoms with Crippen molar-refractivity contribution in [3.05, 3.63) is 66.4 Å². The number of ether oxygens (including phenoxy) is 1. The molecule has 0 atom stereocenters. The van der Waals surface area contributed by atoms with E-state index >= 15 is 0 Å². The number of rotatable bonds is 7. The summed E-state index contributed by atoms with van der Waals surface area (Å²) in [5, 5.41) is 7.64. The number of hydrogen-bond acceptors (Lipinski definition) is 3. The second-order valence-electron chi connectivity index (χ2n) is 6.00. The van der Waals surface area contributed by atoms with E-state index < -0.39 is 0 Å². The van der Waals surface area contributed by atoms with Gasteiger partial charge in [-0.25, -0.2) is 4.68 Å². The van der Waals surface area contributed by atoms with E-state index in [0.717, 1.165) is 35.5 Å². The van der Waals surface area contributed by atoms with Gasteiger partial charge in [-0.2, -0.15) is 5.10 Å². The summed E-state index contributed by atoms with van der Waals surface area (Å²) >= 11 is 0. The number of nitrogens with zero attached hydrogens (tertiary/aromatic N) is 2. The van der Waals surface area contributed by atoms with Gasteiger partial charge in [0.2, 0.25) is 0 Å². The quantitative estimate of drug-likeness (QED) is 0.654. The van der Waals surface area contributed by atoms with Gasteiger partial charge in [0.25, 0.3) is 5.91 Å². The van der Waals surface area contributed by atoms with Gasteiger partial charge in [0.05, 0.1) is 18.5 Å². The van der Waals surface area contributed by atoms with Gasteiger partial charge in [0.1, 0.15) is 11.4 Å². The number of methoxy groups -OCH3 is 1. The maximum absolute atomic E-state index is 12.7. The molecule has 1 aromatic heterocycles. The second-order valence-corrected chi connectivity index (χ2v) is 6.00. The molecule has 1 amide bonds. The third-order valence-electron chi connectivity index (χ3n) is 4.14. The summed E-state index contributed by atoms with van der Waals surface area (Å²) < 4.78 is 6.90. The molecule has 0 saturated heterocycles. The smallest absolute Gasteiger partial charge is 0.270 e. The predicted molar refractivity (Wildman–Crippen MR) is 103 cm³/mol. The highest BCUT2D eigenvalue weighted by molar-refractivity contribution is 5.94. The number of hydrogen-bond donors (Lipinski definition) is 1. The molecule has 0 saturated carbocycles. The normalized spacial score (nSPS) is 10.5. The van der Waals surface area contributed by atoms with Crippen LogP contribution in [0, 0.1) is 0 Å². The van der Waals surface area contributed by atoms with Gasteiger partial charge in [-0.1, -0.05) is 43.7 Å². The Morgan fingerprint density at radius 2 is 1.85 bits per heavy atom. The third-order valence-corrected chi connectivity index (χ3v) is 4.14. The lowest BCUT2D eigenvalue weighted by Crippen LogP contribution is -2.26. The van der Waals surface area contributed by atoms with Crippen molar-refractivity contribution < 1.29 is 9.53 Å². The Bertz CT molecular complexity index is 855. The summed E-state index contributed by atoms with van der Waals surface area (Å²) in [5.74, 6) is 0.641. The third kappa shape index (κ3) is 3.94. The van der Waals surface area contributed by atoms with Crippen LogP contribution in [0.2, 0.25) is 0 Å². The van der Waals surface area contributed by atoms with Crippen molar-refractivity contribution in [3.63, 3.8) is 0 Å². The minimum Gasteiger partial charge on any atom is -0.497 e. The number of amides is 1. The first-order valence-corrected chi connectivity index (χ1v) is 8.81.